The third kappa shape index (κ3) is 3.97. The molecule has 2 aromatic carbocycles. The Hall–Kier alpha value is -2.73. The number of anilines is 1. The summed E-state index contributed by atoms with van der Waals surface area (Å²) in [6.45, 7) is 6.28. The van der Waals surface area contributed by atoms with Crippen molar-refractivity contribution in [2.75, 3.05) is 57.4 Å². The van der Waals surface area contributed by atoms with Crippen LogP contribution in [-0.4, -0.2) is 68.2 Å². The predicted octanol–water partition coefficient (Wildman–Crippen LogP) is 2.94. The van der Waals surface area contributed by atoms with Crippen LogP contribution in [0.3, 0.4) is 0 Å². The van der Waals surface area contributed by atoms with Crippen molar-refractivity contribution in [3.05, 3.63) is 54.1 Å². The summed E-state index contributed by atoms with van der Waals surface area (Å²) in [5.41, 5.74) is 2.42. The van der Waals surface area contributed by atoms with Crippen molar-refractivity contribution in [2.24, 2.45) is 0 Å². The molecule has 2 aromatic rings. The number of carbonyl (C=O) groups excluding carboxylic acids is 1. The van der Waals surface area contributed by atoms with Crippen LogP contribution in [0.5, 0.6) is 11.5 Å². The Kier molecular flexibility index (Phi) is 5.49. The van der Waals surface area contributed by atoms with Crippen molar-refractivity contribution >= 4 is 11.6 Å². The number of amides is 1. The van der Waals surface area contributed by atoms with Crippen LogP contribution < -0.4 is 14.4 Å². The molecular formula is C24H29N3O3. The largest absolute Gasteiger partial charge is 0.486 e. The highest BCUT2D eigenvalue weighted by Gasteiger charge is 2.32. The molecule has 158 valence electrons. The Balaban J connectivity index is 1.20. The van der Waals surface area contributed by atoms with Gasteiger partial charge in [-0.3, -0.25) is 9.69 Å². The van der Waals surface area contributed by atoms with Crippen molar-refractivity contribution in [3.8, 4) is 11.5 Å². The number of rotatable bonds is 4. The minimum absolute atomic E-state index is 0.138. The highest BCUT2D eigenvalue weighted by Crippen LogP contribution is 2.38. The topological polar surface area (TPSA) is 45.3 Å². The Labute approximate surface area is 178 Å². The number of piperazine rings is 1. The molecule has 30 heavy (non-hydrogen) atoms. The van der Waals surface area contributed by atoms with Gasteiger partial charge in [-0.25, -0.2) is 0 Å². The van der Waals surface area contributed by atoms with Crippen LogP contribution in [0.2, 0.25) is 0 Å². The number of likely N-dealkylation sites (tertiary alicyclic amines) is 1. The molecule has 0 bridgehead atoms. The Bertz CT molecular complexity index is 881. The van der Waals surface area contributed by atoms with Crippen LogP contribution in [0.15, 0.2) is 48.5 Å². The number of nitrogens with zero attached hydrogens (tertiary/aromatic N) is 3. The van der Waals surface area contributed by atoms with E-state index < -0.39 is 0 Å². The van der Waals surface area contributed by atoms with Gasteiger partial charge in [0.05, 0.1) is 12.6 Å². The summed E-state index contributed by atoms with van der Waals surface area (Å²) in [6.07, 6.45) is 2.06. The van der Waals surface area contributed by atoms with Crippen LogP contribution in [0.25, 0.3) is 0 Å². The van der Waals surface area contributed by atoms with Gasteiger partial charge in [-0.1, -0.05) is 24.3 Å². The zero-order valence-electron chi connectivity index (χ0n) is 17.3. The van der Waals surface area contributed by atoms with Gasteiger partial charge in [-0.2, -0.15) is 0 Å². The molecule has 0 saturated carbocycles. The average Bonchev–Trinajstić information content (AvgIpc) is 3.30. The quantitative estimate of drug-likeness (QED) is 0.780. The molecule has 3 aliphatic heterocycles. The van der Waals surface area contributed by atoms with Crippen LogP contribution in [0.1, 0.15) is 24.4 Å². The van der Waals surface area contributed by atoms with E-state index in [9.17, 15) is 4.79 Å². The molecule has 0 spiro atoms. The van der Waals surface area contributed by atoms with Gasteiger partial charge in [0, 0.05) is 38.4 Å². The molecule has 5 rings (SSSR count). The number of para-hydroxylation sites is 1. The molecule has 1 atom stereocenters. The second-order valence-electron chi connectivity index (χ2n) is 8.25. The molecule has 3 heterocycles. The maximum Gasteiger partial charge on any atom is 0.237 e. The van der Waals surface area contributed by atoms with Crippen molar-refractivity contribution in [2.45, 2.75) is 18.9 Å². The van der Waals surface area contributed by atoms with E-state index in [1.165, 1.54) is 5.69 Å². The van der Waals surface area contributed by atoms with Crippen LogP contribution in [0, 0.1) is 0 Å². The van der Waals surface area contributed by atoms with E-state index in [-0.39, 0.29) is 11.9 Å². The fourth-order valence-corrected chi connectivity index (χ4v) is 4.76. The molecule has 6 nitrogen and oxygen atoms in total. The number of hydrogen-bond donors (Lipinski definition) is 0. The van der Waals surface area contributed by atoms with Gasteiger partial charge in [-0.15, -0.1) is 0 Å². The minimum atomic E-state index is 0.138. The highest BCUT2D eigenvalue weighted by molar-refractivity contribution is 5.79. The molecule has 0 N–H and O–H groups in total. The van der Waals surface area contributed by atoms with Gasteiger partial charge in [-0.05, 0) is 42.7 Å². The molecule has 0 aromatic heterocycles. The monoisotopic (exact) mass is 407 g/mol. The normalized spacial score (nSPS) is 21.7. The average molecular weight is 408 g/mol. The number of benzene rings is 2. The number of hydrogen-bond acceptors (Lipinski definition) is 5. The lowest BCUT2D eigenvalue weighted by Crippen LogP contribution is -2.50. The van der Waals surface area contributed by atoms with Gasteiger partial charge in [0.25, 0.3) is 0 Å². The standard InChI is InChI=1S/C24H29N3O3/c28-24(18-25-11-13-26(14-12-25)20-5-2-1-3-6-20)27-10-4-7-21(27)19-8-9-22-23(17-19)30-16-15-29-22/h1-3,5-6,8-9,17,21H,4,7,10-16,18H2/t21-/m1/s1. The summed E-state index contributed by atoms with van der Waals surface area (Å²) in [6, 6.07) is 16.8. The van der Waals surface area contributed by atoms with Crippen LogP contribution in [0.4, 0.5) is 5.69 Å². The van der Waals surface area contributed by atoms with Crippen molar-refractivity contribution in [3.63, 3.8) is 0 Å². The van der Waals surface area contributed by atoms with Gasteiger partial charge >= 0.3 is 0 Å². The molecule has 0 radical (unpaired) electrons. The van der Waals surface area contributed by atoms with Crippen molar-refractivity contribution in [1.82, 2.24) is 9.80 Å². The number of fused-ring (bicyclic) bond motifs is 1. The molecule has 1 amide bonds. The first-order valence-electron chi connectivity index (χ1n) is 11.0. The van der Waals surface area contributed by atoms with E-state index in [0.717, 1.165) is 62.6 Å². The zero-order valence-corrected chi connectivity index (χ0v) is 17.3. The first kappa shape index (κ1) is 19.2. The van der Waals surface area contributed by atoms with E-state index >= 15 is 0 Å². The smallest absolute Gasteiger partial charge is 0.237 e. The minimum Gasteiger partial charge on any atom is -0.486 e. The second-order valence-corrected chi connectivity index (χ2v) is 8.25. The van der Waals surface area contributed by atoms with E-state index in [1.54, 1.807) is 0 Å². The fourth-order valence-electron chi connectivity index (χ4n) is 4.76. The summed E-state index contributed by atoms with van der Waals surface area (Å²) >= 11 is 0. The number of carbonyl (C=O) groups is 1. The molecule has 6 heteroatoms. The van der Waals surface area contributed by atoms with Crippen molar-refractivity contribution in [1.29, 1.82) is 0 Å². The molecule has 3 aliphatic rings. The SMILES string of the molecule is O=C(CN1CCN(c2ccccc2)CC1)N1CCC[C@@H]1c1ccc2c(c1)OCCO2. The van der Waals surface area contributed by atoms with Gasteiger partial charge in [0.1, 0.15) is 13.2 Å². The second kappa shape index (κ2) is 8.56. The summed E-state index contributed by atoms with van der Waals surface area (Å²) < 4.78 is 11.4. The fraction of sp³-hybridized carbons (Fsp3) is 0.458. The molecule has 0 unspecified atom stereocenters. The van der Waals surface area contributed by atoms with E-state index in [1.807, 2.05) is 12.1 Å². The Morgan fingerprint density at radius 2 is 1.67 bits per heavy atom. The summed E-state index contributed by atoms with van der Waals surface area (Å²) in [7, 11) is 0. The third-order valence-corrected chi connectivity index (χ3v) is 6.38. The third-order valence-electron chi connectivity index (χ3n) is 6.38. The first-order chi connectivity index (χ1) is 14.8. The van der Waals surface area contributed by atoms with E-state index in [4.69, 9.17) is 9.47 Å². The van der Waals surface area contributed by atoms with Gasteiger partial charge in [0.2, 0.25) is 5.91 Å². The van der Waals surface area contributed by atoms with E-state index in [0.29, 0.717) is 19.8 Å². The van der Waals surface area contributed by atoms with E-state index in [2.05, 4.69) is 51.1 Å². The molecule has 2 fully saturated rings. The Morgan fingerprint density at radius 3 is 2.47 bits per heavy atom. The first-order valence-corrected chi connectivity index (χ1v) is 11.0. The highest BCUT2D eigenvalue weighted by atomic mass is 16.6. The Morgan fingerprint density at radius 1 is 0.900 bits per heavy atom. The summed E-state index contributed by atoms with van der Waals surface area (Å²) in [5, 5.41) is 0. The van der Waals surface area contributed by atoms with Crippen LogP contribution >= 0.6 is 0 Å². The lowest BCUT2D eigenvalue weighted by molar-refractivity contribution is -0.133. The zero-order chi connectivity index (χ0) is 20.3. The summed E-state index contributed by atoms with van der Waals surface area (Å²) in [4.78, 5) is 19.9. The number of ether oxygens (including phenoxy) is 2. The lowest BCUT2D eigenvalue weighted by atomic mass is 10.0. The van der Waals surface area contributed by atoms with Gasteiger partial charge < -0.3 is 19.3 Å². The predicted molar refractivity (Wildman–Crippen MR) is 116 cm³/mol. The molecule has 0 aliphatic carbocycles. The van der Waals surface area contributed by atoms with Crippen LogP contribution in [-0.2, 0) is 4.79 Å². The molecule has 2 saturated heterocycles. The van der Waals surface area contributed by atoms with Crippen molar-refractivity contribution < 1.29 is 14.3 Å². The maximum absolute atomic E-state index is 13.2. The summed E-state index contributed by atoms with van der Waals surface area (Å²) in [5.74, 6) is 1.84. The molecular weight excluding hydrogens is 378 g/mol. The lowest BCUT2D eigenvalue weighted by Gasteiger charge is -2.37. The maximum atomic E-state index is 13.2. The van der Waals surface area contributed by atoms with Gasteiger partial charge in [0.15, 0.2) is 11.5 Å².